The highest BCUT2D eigenvalue weighted by Gasteiger charge is 2.42. The molecule has 6 nitrogen and oxygen atoms in total. The van der Waals surface area contributed by atoms with Crippen LogP contribution in [0, 0.1) is 5.82 Å². The van der Waals surface area contributed by atoms with Crippen LogP contribution in [0.25, 0.3) is 0 Å². The van der Waals surface area contributed by atoms with Crippen molar-refractivity contribution in [1.29, 1.82) is 0 Å². The Morgan fingerprint density at radius 3 is 2.44 bits per heavy atom. The maximum Gasteiger partial charge on any atom is 0.416 e. The van der Waals surface area contributed by atoms with E-state index in [0.717, 1.165) is 17.0 Å². The standard InChI is InChI=1S/C22H20F4N2O4/c1-3-31-20(29)18-16(12-32-17-11-7-6-10-15(17)23)28(2)21(30)27-19(18)13-8-4-5-9-14(13)22(24,25)26/h4-11,19H,3,12H2,1-2H3,(H,27,30)/t19-/m1/s1. The average Bonchev–Trinajstić information content (AvgIpc) is 2.75. The Morgan fingerprint density at radius 1 is 1.12 bits per heavy atom. The van der Waals surface area contributed by atoms with Crippen LogP contribution in [0.15, 0.2) is 59.8 Å². The number of amides is 2. The lowest BCUT2D eigenvalue weighted by atomic mass is 9.91. The fourth-order valence-corrected chi connectivity index (χ4v) is 3.33. The first kappa shape index (κ1) is 23.1. The van der Waals surface area contributed by atoms with Crippen molar-refractivity contribution in [1.82, 2.24) is 10.2 Å². The Bertz CT molecular complexity index is 1050. The minimum Gasteiger partial charge on any atom is -0.484 e. The van der Waals surface area contributed by atoms with Crippen LogP contribution in [0.1, 0.15) is 24.1 Å². The number of benzene rings is 2. The molecule has 0 aromatic heterocycles. The van der Waals surface area contributed by atoms with Gasteiger partial charge in [0.15, 0.2) is 11.6 Å². The van der Waals surface area contributed by atoms with Crippen LogP contribution in [-0.4, -0.2) is 37.2 Å². The smallest absolute Gasteiger partial charge is 0.416 e. The Morgan fingerprint density at radius 2 is 1.78 bits per heavy atom. The predicted molar refractivity (Wildman–Crippen MR) is 106 cm³/mol. The average molecular weight is 452 g/mol. The van der Waals surface area contributed by atoms with Gasteiger partial charge in [0.25, 0.3) is 0 Å². The second kappa shape index (κ2) is 9.29. The number of halogens is 4. The lowest BCUT2D eigenvalue weighted by molar-refractivity contribution is -0.141. The Kier molecular flexibility index (Phi) is 6.71. The lowest BCUT2D eigenvalue weighted by Crippen LogP contribution is -2.48. The van der Waals surface area contributed by atoms with E-state index in [4.69, 9.17) is 9.47 Å². The lowest BCUT2D eigenvalue weighted by Gasteiger charge is -2.35. The molecule has 2 aromatic rings. The van der Waals surface area contributed by atoms with Gasteiger partial charge in [-0.1, -0.05) is 30.3 Å². The molecule has 3 rings (SSSR count). The monoisotopic (exact) mass is 452 g/mol. The van der Waals surface area contributed by atoms with E-state index in [1.807, 2.05) is 0 Å². The molecule has 170 valence electrons. The van der Waals surface area contributed by atoms with Gasteiger partial charge < -0.3 is 14.8 Å². The zero-order chi connectivity index (χ0) is 23.5. The number of carbonyl (C=O) groups excluding carboxylic acids is 2. The molecule has 1 aliphatic heterocycles. The number of carbonyl (C=O) groups is 2. The van der Waals surface area contributed by atoms with Crippen molar-refractivity contribution in [2.24, 2.45) is 0 Å². The molecule has 2 aromatic carbocycles. The number of hydrogen-bond donors (Lipinski definition) is 1. The molecule has 0 radical (unpaired) electrons. The van der Waals surface area contributed by atoms with Gasteiger partial charge in [-0.3, -0.25) is 4.90 Å². The van der Waals surface area contributed by atoms with Crippen LogP contribution in [0.3, 0.4) is 0 Å². The number of nitrogens with one attached hydrogen (secondary N) is 1. The number of para-hydroxylation sites is 1. The molecule has 1 N–H and O–H groups in total. The van der Waals surface area contributed by atoms with E-state index in [2.05, 4.69) is 5.32 Å². The number of urea groups is 1. The number of esters is 1. The summed E-state index contributed by atoms with van der Waals surface area (Å²) in [6.45, 7) is 1.04. The molecule has 1 atom stereocenters. The predicted octanol–water partition coefficient (Wildman–Crippen LogP) is 4.44. The molecular formula is C22H20F4N2O4. The van der Waals surface area contributed by atoms with Crippen LogP contribution in [0.4, 0.5) is 22.4 Å². The van der Waals surface area contributed by atoms with Crippen LogP contribution in [0.5, 0.6) is 5.75 Å². The molecule has 0 saturated heterocycles. The molecule has 0 unspecified atom stereocenters. The third-order valence-electron chi connectivity index (χ3n) is 4.85. The second-order valence-corrected chi connectivity index (χ2v) is 6.83. The zero-order valence-corrected chi connectivity index (χ0v) is 17.2. The molecule has 32 heavy (non-hydrogen) atoms. The Hall–Kier alpha value is -3.56. The molecule has 0 spiro atoms. The minimum atomic E-state index is -4.73. The van der Waals surface area contributed by atoms with E-state index < -0.39 is 42.2 Å². The van der Waals surface area contributed by atoms with Gasteiger partial charge in [0.1, 0.15) is 6.61 Å². The number of likely N-dealkylation sites (N-methyl/N-ethyl adjacent to an activating group) is 1. The SMILES string of the molecule is CCOC(=O)C1=C(COc2ccccc2F)N(C)C(=O)N[C@@H]1c1ccccc1C(F)(F)F. The minimum absolute atomic E-state index is 0.0440. The summed E-state index contributed by atoms with van der Waals surface area (Å²) in [6.07, 6.45) is -4.73. The van der Waals surface area contributed by atoms with Gasteiger partial charge in [-0.2, -0.15) is 13.2 Å². The molecule has 2 amide bonds. The maximum absolute atomic E-state index is 14.0. The largest absolute Gasteiger partial charge is 0.484 e. The first-order valence-electron chi connectivity index (χ1n) is 9.63. The summed E-state index contributed by atoms with van der Waals surface area (Å²) in [7, 11) is 1.32. The van der Waals surface area contributed by atoms with Gasteiger partial charge in [0.05, 0.1) is 29.5 Å². The molecule has 0 bridgehead atoms. The van der Waals surface area contributed by atoms with Crippen LogP contribution < -0.4 is 10.1 Å². The summed E-state index contributed by atoms with van der Waals surface area (Å²) in [5, 5.41) is 2.42. The first-order chi connectivity index (χ1) is 15.1. The molecule has 0 saturated carbocycles. The fourth-order valence-electron chi connectivity index (χ4n) is 3.33. The highest BCUT2D eigenvalue weighted by Crippen LogP contribution is 2.39. The van der Waals surface area contributed by atoms with Crippen molar-refractivity contribution in [3.05, 3.63) is 76.7 Å². The van der Waals surface area contributed by atoms with E-state index >= 15 is 0 Å². The van der Waals surface area contributed by atoms with Gasteiger partial charge in [0, 0.05) is 7.05 Å². The first-order valence-corrected chi connectivity index (χ1v) is 9.63. The summed E-state index contributed by atoms with van der Waals surface area (Å²) in [5.41, 5.74) is -1.61. The molecule has 0 aliphatic carbocycles. The van der Waals surface area contributed by atoms with Crippen molar-refractivity contribution in [3.63, 3.8) is 0 Å². The topological polar surface area (TPSA) is 67.9 Å². The normalized spacial score (nSPS) is 16.6. The van der Waals surface area contributed by atoms with E-state index in [-0.39, 0.29) is 29.2 Å². The van der Waals surface area contributed by atoms with Gasteiger partial charge in [-0.25, -0.2) is 14.0 Å². The third-order valence-corrected chi connectivity index (χ3v) is 4.85. The Labute approximate surface area is 181 Å². The third kappa shape index (κ3) is 4.68. The maximum atomic E-state index is 14.0. The van der Waals surface area contributed by atoms with Crippen LogP contribution >= 0.6 is 0 Å². The van der Waals surface area contributed by atoms with Crippen LogP contribution in [-0.2, 0) is 15.7 Å². The number of hydrogen-bond acceptors (Lipinski definition) is 4. The van der Waals surface area contributed by atoms with Gasteiger partial charge in [0.2, 0.25) is 0 Å². The van der Waals surface area contributed by atoms with Crippen molar-refractivity contribution in [3.8, 4) is 5.75 Å². The quantitative estimate of drug-likeness (QED) is 0.520. The van der Waals surface area contributed by atoms with E-state index in [1.54, 1.807) is 0 Å². The van der Waals surface area contributed by atoms with E-state index in [1.165, 1.54) is 50.4 Å². The van der Waals surface area contributed by atoms with Gasteiger partial charge in [-0.15, -0.1) is 0 Å². The van der Waals surface area contributed by atoms with Crippen molar-refractivity contribution >= 4 is 12.0 Å². The number of ether oxygens (including phenoxy) is 2. The fraction of sp³-hybridized carbons (Fsp3) is 0.273. The van der Waals surface area contributed by atoms with Crippen molar-refractivity contribution in [2.45, 2.75) is 19.1 Å². The molecule has 1 heterocycles. The van der Waals surface area contributed by atoms with Gasteiger partial charge >= 0.3 is 18.2 Å². The summed E-state index contributed by atoms with van der Waals surface area (Å²) in [6, 6.07) is 7.89. The molecule has 1 aliphatic rings. The molecule has 10 heteroatoms. The number of alkyl halides is 3. The van der Waals surface area contributed by atoms with E-state index in [9.17, 15) is 27.2 Å². The van der Waals surface area contributed by atoms with E-state index in [0.29, 0.717) is 0 Å². The summed E-state index contributed by atoms with van der Waals surface area (Å²) in [4.78, 5) is 26.4. The van der Waals surface area contributed by atoms with Gasteiger partial charge in [-0.05, 0) is 30.7 Å². The molecular weight excluding hydrogens is 432 g/mol. The summed E-state index contributed by atoms with van der Waals surface area (Å²) in [5.74, 6) is -1.74. The van der Waals surface area contributed by atoms with Crippen LogP contribution in [0.2, 0.25) is 0 Å². The zero-order valence-electron chi connectivity index (χ0n) is 17.2. The number of nitrogens with zero attached hydrogens (tertiary/aromatic N) is 1. The molecule has 0 fully saturated rings. The Balaban J connectivity index is 2.13. The number of rotatable bonds is 6. The van der Waals surface area contributed by atoms with Crippen molar-refractivity contribution in [2.75, 3.05) is 20.3 Å². The van der Waals surface area contributed by atoms with Crippen molar-refractivity contribution < 1.29 is 36.6 Å². The highest BCUT2D eigenvalue weighted by molar-refractivity contribution is 5.95. The summed E-state index contributed by atoms with van der Waals surface area (Å²) < 4.78 is 65.4. The summed E-state index contributed by atoms with van der Waals surface area (Å²) >= 11 is 0. The second-order valence-electron chi connectivity index (χ2n) is 6.83. The highest BCUT2D eigenvalue weighted by atomic mass is 19.4.